The topological polar surface area (TPSA) is 24.5 Å². The van der Waals surface area contributed by atoms with Crippen LogP contribution in [0.1, 0.15) is 24.1 Å². The molecule has 1 unspecified atom stereocenters. The van der Waals surface area contributed by atoms with Crippen molar-refractivity contribution in [1.29, 1.82) is 0 Å². The number of ether oxygens (including phenoxy) is 1. The molecule has 3 aromatic rings. The molecule has 1 saturated heterocycles. The standard InChI is InChI=1S/C23H26N2O/c1-2-26-22-13-6-5-11-21(22)23(25-16-14-24-15-17-25)20-12-7-9-18-8-3-4-10-19(18)20/h3-13,23-24H,2,14-17H2,1H3. The third-order valence-electron chi connectivity index (χ3n) is 5.15. The van der Waals surface area contributed by atoms with Crippen molar-refractivity contribution in [2.24, 2.45) is 0 Å². The Kier molecular flexibility index (Phi) is 5.19. The maximum absolute atomic E-state index is 6.00. The van der Waals surface area contributed by atoms with Gasteiger partial charge in [-0.15, -0.1) is 0 Å². The van der Waals surface area contributed by atoms with Gasteiger partial charge in [-0.05, 0) is 29.3 Å². The summed E-state index contributed by atoms with van der Waals surface area (Å²) >= 11 is 0. The first-order valence-electron chi connectivity index (χ1n) is 9.52. The Morgan fingerprint density at radius 1 is 0.885 bits per heavy atom. The molecule has 134 valence electrons. The van der Waals surface area contributed by atoms with E-state index in [1.165, 1.54) is 21.9 Å². The molecule has 0 radical (unpaired) electrons. The highest BCUT2D eigenvalue weighted by atomic mass is 16.5. The van der Waals surface area contributed by atoms with Gasteiger partial charge in [0.2, 0.25) is 0 Å². The van der Waals surface area contributed by atoms with Crippen LogP contribution in [0.5, 0.6) is 5.75 Å². The number of para-hydroxylation sites is 1. The average Bonchev–Trinajstić information content (AvgIpc) is 2.71. The van der Waals surface area contributed by atoms with Gasteiger partial charge in [-0.2, -0.15) is 0 Å². The minimum absolute atomic E-state index is 0.200. The maximum Gasteiger partial charge on any atom is 0.124 e. The molecule has 0 spiro atoms. The van der Waals surface area contributed by atoms with Gasteiger partial charge in [0.05, 0.1) is 12.6 Å². The Hall–Kier alpha value is -2.36. The van der Waals surface area contributed by atoms with Gasteiger partial charge in [0.25, 0.3) is 0 Å². The maximum atomic E-state index is 6.00. The molecule has 0 saturated carbocycles. The monoisotopic (exact) mass is 346 g/mol. The Labute approximate surface area is 155 Å². The van der Waals surface area contributed by atoms with Crippen LogP contribution in [0.2, 0.25) is 0 Å². The smallest absolute Gasteiger partial charge is 0.124 e. The van der Waals surface area contributed by atoms with Crippen LogP contribution in [0.15, 0.2) is 66.7 Å². The summed E-state index contributed by atoms with van der Waals surface area (Å²) in [6.45, 7) is 6.86. The molecule has 0 aliphatic carbocycles. The number of nitrogens with zero attached hydrogens (tertiary/aromatic N) is 1. The van der Waals surface area contributed by atoms with E-state index in [1.54, 1.807) is 0 Å². The lowest BCUT2D eigenvalue weighted by molar-refractivity contribution is 0.195. The van der Waals surface area contributed by atoms with Crippen LogP contribution in [0.25, 0.3) is 10.8 Å². The van der Waals surface area contributed by atoms with Crippen LogP contribution in [-0.4, -0.2) is 37.7 Å². The molecule has 1 aliphatic heterocycles. The molecule has 1 atom stereocenters. The molecule has 0 aromatic heterocycles. The van der Waals surface area contributed by atoms with Crippen molar-refractivity contribution < 1.29 is 4.74 Å². The summed E-state index contributed by atoms with van der Waals surface area (Å²) in [4.78, 5) is 2.58. The highest BCUT2D eigenvalue weighted by Gasteiger charge is 2.27. The Morgan fingerprint density at radius 3 is 2.42 bits per heavy atom. The summed E-state index contributed by atoms with van der Waals surface area (Å²) in [5.74, 6) is 0.992. The molecule has 1 fully saturated rings. The van der Waals surface area contributed by atoms with E-state index >= 15 is 0 Å². The summed E-state index contributed by atoms with van der Waals surface area (Å²) in [6, 6.07) is 24.0. The second kappa shape index (κ2) is 7.90. The summed E-state index contributed by atoms with van der Waals surface area (Å²) in [5.41, 5.74) is 2.62. The summed E-state index contributed by atoms with van der Waals surface area (Å²) < 4.78 is 6.00. The first kappa shape index (κ1) is 17.1. The lowest BCUT2D eigenvalue weighted by atomic mass is 9.91. The predicted molar refractivity (Wildman–Crippen MR) is 108 cm³/mol. The van der Waals surface area contributed by atoms with E-state index in [4.69, 9.17) is 4.74 Å². The first-order valence-corrected chi connectivity index (χ1v) is 9.52. The highest BCUT2D eigenvalue weighted by Crippen LogP contribution is 2.38. The largest absolute Gasteiger partial charge is 0.494 e. The molecular formula is C23H26N2O. The number of hydrogen-bond acceptors (Lipinski definition) is 3. The molecule has 3 aromatic carbocycles. The molecule has 3 nitrogen and oxygen atoms in total. The lowest BCUT2D eigenvalue weighted by Gasteiger charge is -2.36. The van der Waals surface area contributed by atoms with E-state index in [-0.39, 0.29) is 6.04 Å². The number of benzene rings is 3. The molecule has 26 heavy (non-hydrogen) atoms. The number of piperazine rings is 1. The average molecular weight is 346 g/mol. The van der Waals surface area contributed by atoms with Crippen molar-refractivity contribution in [2.75, 3.05) is 32.8 Å². The third kappa shape index (κ3) is 3.33. The minimum atomic E-state index is 0.200. The minimum Gasteiger partial charge on any atom is -0.494 e. The first-order chi connectivity index (χ1) is 12.9. The zero-order valence-electron chi connectivity index (χ0n) is 15.3. The molecule has 4 rings (SSSR count). The second-order valence-electron chi connectivity index (χ2n) is 6.73. The number of hydrogen-bond donors (Lipinski definition) is 1. The fourth-order valence-electron chi connectivity index (χ4n) is 3.98. The summed E-state index contributed by atoms with van der Waals surface area (Å²) in [5, 5.41) is 6.09. The Balaban J connectivity index is 1.89. The van der Waals surface area contributed by atoms with E-state index in [2.05, 4.69) is 83.9 Å². The quantitative estimate of drug-likeness (QED) is 0.748. The number of nitrogens with one attached hydrogen (secondary N) is 1. The van der Waals surface area contributed by atoms with Gasteiger partial charge in [-0.1, -0.05) is 60.7 Å². The van der Waals surface area contributed by atoms with Crippen molar-refractivity contribution in [3.05, 3.63) is 77.9 Å². The van der Waals surface area contributed by atoms with Gasteiger partial charge < -0.3 is 10.1 Å². The SMILES string of the molecule is CCOc1ccccc1C(c1cccc2ccccc12)N1CCNCC1. The van der Waals surface area contributed by atoms with E-state index < -0.39 is 0 Å². The molecule has 1 heterocycles. The fraction of sp³-hybridized carbons (Fsp3) is 0.304. The fourth-order valence-corrected chi connectivity index (χ4v) is 3.98. The summed E-state index contributed by atoms with van der Waals surface area (Å²) in [6.07, 6.45) is 0. The van der Waals surface area contributed by atoms with Gasteiger partial charge in [0.1, 0.15) is 5.75 Å². The second-order valence-corrected chi connectivity index (χ2v) is 6.73. The van der Waals surface area contributed by atoms with E-state index in [9.17, 15) is 0 Å². The van der Waals surface area contributed by atoms with Gasteiger partial charge >= 0.3 is 0 Å². The lowest BCUT2D eigenvalue weighted by Crippen LogP contribution is -2.45. The van der Waals surface area contributed by atoms with E-state index in [0.29, 0.717) is 6.61 Å². The van der Waals surface area contributed by atoms with Gasteiger partial charge in [-0.3, -0.25) is 4.90 Å². The van der Waals surface area contributed by atoms with E-state index in [0.717, 1.165) is 31.9 Å². The van der Waals surface area contributed by atoms with Crippen molar-refractivity contribution >= 4 is 10.8 Å². The molecule has 0 amide bonds. The normalized spacial score (nSPS) is 16.5. The van der Waals surface area contributed by atoms with Gasteiger partial charge in [-0.25, -0.2) is 0 Å². The Bertz CT molecular complexity index is 865. The zero-order chi connectivity index (χ0) is 17.8. The van der Waals surface area contributed by atoms with Crippen molar-refractivity contribution in [1.82, 2.24) is 10.2 Å². The molecule has 3 heteroatoms. The molecule has 0 bridgehead atoms. The number of rotatable bonds is 5. The zero-order valence-corrected chi connectivity index (χ0v) is 15.3. The van der Waals surface area contributed by atoms with Crippen LogP contribution < -0.4 is 10.1 Å². The third-order valence-corrected chi connectivity index (χ3v) is 5.15. The summed E-state index contributed by atoms with van der Waals surface area (Å²) in [7, 11) is 0. The number of fused-ring (bicyclic) bond motifs is 1. The van der Waals surface area contributed by atoms with E-state index in [1.807, 2.05) is 0 Å². The van der Waals surface area contributed by atoms with Gasteiger partial charge in [0, 0.05) is 31.7 Å². The molecule has 1 N–H and O–H groups in total. The van der Waals surface area contributed by atoms with Crippen LogP contribution in [0.4, 0.5) is 0 Å². The van der Waals surface area contributed by atoms with Gasteiger partial charge in [0.15, 0.2) is 0 Å². The predicted octanol–water partition coefficient (Wildman–Crippen LogP) is 4.23. The van der Waals surface area contributed by atoms with Crippen molar-refractivity contribution in [3.8, 4) is 5.75 Å². The highest BCUT2D eigenvalue weighted by molar-refractivity contribution is 5.86. The van der Waals surface area contributed by atoms with Crippen LogP contribution in [0, 0.1) is 0 Å². The van der Waals surface area contributed by atoms with Crippen LogP contribution >= 0.6 is 0 Å². The van der Waals surface area contributed by atoms with Crippen LogP contribution in [-0.2, 0) is 0 Å². The van der Waals surface area contributed by atoms with Crippen molar-refractivity contribution in [3.63, 3.8) is 0 Å². The molecular weight excluding hydrogens is 320 g/mol. The molecule has 1 aliphatic rings. The van der Waals surface area contributed by atoms with Crippen LogP contribution in [0.3, 0.4) is 0 Å². The van der Waals surface area contributed by atoms with Crippen molar-refractivity contribution in [2.45, 2.75) is 13.0 Å². The Morgan fingerprint density at radius 2 is 1.58 bits per heavy atom.